The minimum Gasteiger partial charge on any atom is -0.465 e. The van der Waals surface area contributed by atoms with E-state index in [-0.39, 0.29) is 36.4 Å². The van der Waals surface area contributed by atoms with Crippen LogP contribution in [-0.2, 0) is 26.2 Å². The molecule has 1 N–H and O–H groups in total. The zero-order valence-corrected chi connectivity index (χ0v) is 18.3. The normalized spacial score (nSPS) is 11.1. The van der Waals surface area contributed by atoms with Gasteiger partial charge in [0.15, 0.2) is 0 Å². The van der Waals surface area contributed by atoms with Crippen molar-refractivity contribution in [2.75, 3.05) is 13.2 Å². The van der Waals surface area contributed by atoms with Crippen molar-refractivity contribution in [3.05, 3.63) is 59.9 Å². The maximum absolute atomic E-state index is 13.0. The molecule has 0 saturated heterocycles. The second kappa shape index (κ2) is 10.8. The van der Waals surface area contributed by atoms with Gasteiger partial charge in [0.2, 0.25) is 0 Å². The molecule has 0 aliphatic carbocycles. The molecule has 2 aromatic carbocycles. The van der Waals surface area contributed by atoms with Crippen LogP contribution in [0.3, 0.4) is 0 Å². The van der Waals surface area contributed by atoms with Crippen molar-refractivity contribution >= 4 is 22.1 Å². The molecule has 2 amide bonds. The zero-order chi connectivity index (χ0) is 23.0. The summed E-state index contributed by atoms with van der Waals surface area (Å²) >= 11 is 0. The summed E-state index contributed by atoms with van der Waals surface area (Å²) in [6.07, 6.45) is 0. The highest BCUT2D eigenvalue weighted by Gasteiger charge is 2.20. The van der Waals surface area contributed by atoms with Crippen LogP contribution < -0.4 is 9.50 Å². The lowest BCUT2D eigenvalue weighted by atomic mass is 10.2. The quantitative estimate of drug-likeness (QED) is 0.463. The minimum atomic E-state index is -4.14. The fourth-order valence-corrected chi connectivity index (χ4v) is 3.54. The van der Waals surface area contributed by atoms with Crippen molar-refractivity contribution in [2.24, 2.45) is 0 Å². The van der Waals surface area contributed by atoms with Crippen molar-refractivity contribution in [3.8, 4) is 5.75 Å². The number of hydrogen-bond donors (Lipinski definition) is 1. The molecule has 168 valence electrons. The summed E-state index contributed by atoms with van der Waals surface area (Å²) in [5, 5.41) is 2.50. The van der Waals surface area contributed by atoms with E-state index in [1.807, 2.05) is 13.8 Å². The summed E-state index contributed by atoms with van der Waals surface area (Å²) in [4.78, 5) is 25.2. The third-order valence-electron chi connectivity index (χ3n) is 4.13. The topological polar surface area (TPSA) is 102 Å². The molecule has 0 aliphatic heterocycles. The molecule has 0 heterocycles. The Balaban J connectivity index is 2.11. The Kier molecular flexibility index (Phi) is 8.38. The van der Waals surface area contributed by atoms with Gasteiger partial charge in [-0.05, 0) is 62.7 Å². The summed E-state index contributed by atoms with van der Waals surface area (Å²) in [6.45, 7) is 5.41. The number of hydrogen-bond acceptors (Lipinski definition) is 6. The van der Waals surface area contributed by atoms with E-state index in [0.717, 1.165) is 24.3 Å². The summed E-state index contributed by atoms with van der Waals surface area (Å²) < 4.78 is 47.8. The molecule has 0 fully saturated rings. The van der Waals surface area contributed by atoms with Crippen molar-refractivity contribution in [3.63, 3.8) is 0 Å². The maximum atomic E-state index is 13.0. The lowest BCUT2D eigenvalue weighted by Crippen LogP contribution is -2.45. The number of amides is 2. The first kappa shape index (κ1) is 24.1. The average molecular weight is 453 g/mol. The van der Waals surface area contributed by atoms with Crippen LogP contribution in [0.15, 0.2) is 53.4 Å². The van der Waals surface area contributed by atoms with Crippen LogP contribution in [0, 0.1) is 5.82 Å². The highest BCUT2D eigenvalue weighted by Crippen LogP contribution is 2.21. The number of halogens is 1. The molecule has 0 aliphatic rings. The minimum absolute atomic E-state index is 0.0532. The molecule has 10 heteroatoms. The Morgan fingerprint density at radius 1 is 1.13 bits per heavy atom. The van der Waals surface area contributed by atoms with Gasteiger partial charge < -0.3 is 19.1 Å². The van der Waals surface area contributed by atoms with Crippen LogP contribution in [0.1, 0.15) is 26.3 Å². The van der Waals surface area contributed by atoms with E-state index in [9.17, 15) is 22.4 Å². The first-order valence-electron chi connectivity index (χ1n) is 9.61. The Morgan fingerprint density at radius 3 is 2.42 bits per heavy atom. The first-order chi connectivity index (χ1) is 14.6. The molecule has 0 saturated carbocycles. The Morgan fingerprint density at radius 2 is 1.81 bits per heavy atom. The fraction of sp³-hybridized carbons (Fsp3) is 0.333. The predicted molar refractivity (Wildman–Crippen MR) is 111 cm³/mol. The highest BCUT2D eigenvalue weighted by molar-refractivity contribution is 7.87. The molecular weight excluding hydrogens is 427 g/mol. The van der Waals surface area contributed by atoms with Gasteiger partial charge in [0, 0.05) is 12.6 Å². The third-order valence-corrected chi connectivity index (χ3v) is 5.39. The molecule has 0 radical (unpaired) electrons. The number of ether oxygens (including phenoxy) is 1. The van der Waals surface area contributed by atoms with Crippen LogP contribution in [0.5, 0.6) is 5.75 Å². The number of carbonyl (C=O) groups excluding carboxylic acids is 2. The molecule has 0 bridgehead atoms. The number of urea groups is 1. The van der Waals surface area contributed by atoms with Gasteiger partial charge in [-0.25, -0.2) is 9.18 Å². The summed E-state index contributed by atoms with van der Waals surface area (Å²) in [5.74, 6) is -1.05. The Labute approximate surface area is 181 Å². The van der Waals surface area contributed by atoms with Crippen LogP contribution in [-0.4, -0.2) is 44.5 Å². The van der Waals surface area contributed by atoms with E-state index in [1.54, 1.807) is 19.1 Å². The second-order valence-electron chi connectivity index (χ2n) is 6.82. The Bertz CT molecular complexity index is 1010. The number of benzene rings is 2. The van der Waals surface area contributed by atoms with Crippen molar-refractivity contribution in [1.82, 2.24) is 10.2 Å². The van der Waals surface area contributed by atoms with E-state index >= 15 is 0 Å². The van der Waals surface area contributed by atoms with E-state index in [1.165, 1.54) is 17.0 Å². The molecule has 0 atom stereocenters. The van der Waals surface area contributed by atoms with Gasteiger partial charge in [0.05, 0.1) is 6.61 Å². The molecule has 0 aromatic heterocycles. The van der Waals surface area contributed by atoms with Crippen LogP contribution in [0.4, 0.5) is 9.18 Å². The van der Waals surface area contributed by atoms with Crippen LogP contribution >= 0.6 is 0 Å². The second-order valence-corrected chi connectivity index (χ2v) is 8.37. The molecule has 8 nitrogen and oxygen atoms in total. The molecule has 2 aromatic rings. The number of rotatable bonds is 9. The number of esters is 1. The van der Waals surface area contributed by atoms with Crippen LogP contribution in [0.2, 0.25) is 0 Å². The van der Waals surface area contributed by atoms with Gasteiger partial charge in [0.1, 0.15) is 23.0 Å². The molecule has 0 unspecified atom stereocenters. The van der Waals surface area contributed by atoms with Gasteiger partial charge in [-0.1, -0.05) is 12.1 Å². The van der Waals surface area contributed by atoms with Crippen molar-refractivity contribution in [2.45, 2.75) is 38.3 Å². The molecule has 2 rings (SSSR count). The van der Waals surface area contributed by atoms with E-state index in [4.69, 9.17) is 8.92 Å². The molecular formula is C21H25FN2O6S. The number of nitrogens with zero attached hydrogens (tertiary/aromatic N) is 1. The number of carbonyl (C=O) groups is 2. The van der Waals surface area contributed by atoms with Gasteiger partial charge in [-0.15, -0.1) is 0 Å². The fourth-order valence-electron chi connectivity index (χ4n) is 2.62. The van der Waals surface area contributed by atoms with Gasteiger partial charge in [0.25, 0.3) is 0 Å². The van der Waals surface area contributed by atoms with Crippen LogP contribution in [0.25, 0.3) is 0 Å². The lowest BCUT2D eigenvalue weighted by molar-refractivity contribution is -0.141. The monoisotopic (exact) mass is 452 g/mol. The third kappa shape index (κ3) is 7.25. The Hall–Kier alpha value is -3.14. The predicted octanol–water partition coefficient (Wildman–Crippen LogP) is 3.08. The van der Waals surface area contributed by atoms with E-state index in [2.05, 4.69) is 5.32 Å². The molecule has 31 heavy (non-hydrogen) atoms. The van der Waals surface area contributed by atoms with Gasteiger partial charge in [-0.3, -0.25) is 4.79 Å². The standard InChI is InChI=1S/C21H25FN2O6S/c1-4-29-20(25)13-23-21(26)24(15(2)3)14-16-6-5-7-18(12-16)30-31(27,28)19-10-8-17(22)9-11-19/h5-12,15H,4,13-14H2,1-3H3,(H,23,26). The largest absolute Gasteiger partial charge is 0.465 e. The lowest BCUT2D eigenvalue weighted by Gasteiger charge is -2.27. The van der Waals surface area contributed by atoms with Crippen molar-refractivity contribution < 1.29 is 31.3 Å². The van der Waals surface area contributed by atoms with E-state index < -0.39 is 27.9 Å². The van der Waals surface area contributed by atoms with Gasteiger partial charge >= 0.3 is 22.1 Å². The van der Waals surface area contributed by atoms with Gasteiger partial charge in [-0.2, -0.15) is 8.42 Å². The smallest absolute Gasteiger partial charge is 0.339 e. The average Bonchev–Trinajstić information content (AvgIpc) is 2.70. The van der Waals surface area contributed by atoms with Crippen molar-refractivity contribution in [1.29, 1.82) is 0 Å². The number of nitrogens with one attached hydrogen (secondary N) is 1. The summed E-state index contributed by atoms with van der Waals surface area (Å²) in [7, 11) is -4.14. The summed E-state index contributed by atoms with van der Waals surface area (Å²) in [5.41, 5.74) is 0.617. The molecule has 0 spiro atoms. The first-order valence-corrected chi connectivity index (χ1v) is 11.0. The van der Waals surface area contributed by atoms with E-state index in [0.29, 0.717) is 5.56 Å². The summed E-state index contributed by atoms with van der Waals surface area (Å²) in [6, 6.07) is 9.89. The SMILES string of the molecule is CCOC(=O)CNC(=O)N(Cc1cccc(OS(=O)(=O)c2ccc(F)cc2)c1)C(C)C. The zero-order valence-electron chi connectivity index (χ0n) is 17.5. The maximum Gasteiger partial charge on any atom is 0.339 e. The highest BCUT2D eigenvalue weighted by atomic mass is 32.2.